The number of benzene rings is 2. The number of amides is 1. The van der Waals surface area contributed by atoms with Crippen LogP contribution in [0.15, 0.2) is 60.7 Å². The average Bonchev–Trinajstić information content (AvgIpc) is 1.53. The second kappa shape index (κ2) is 60.3. The molecule has 0 radical (unpaired) electrons. The summed E-state index contributed by atoms with van der Waals surface area (Å²) >= 11 is 0. The number of hydrogen-bond acceptors (Lipinski definition) is 26. The van der Waals surface area contributed by atoms with E-state index in [1.807, 2.05) is 6.07 Å². The minimum absolute atomic E-state index is 0.00792. The van der Waals surface area contributed by atoms with Gasteiger partial charge in [0.2, 0.25) is 5.91 Å². The monoisotopic (exact) mass is 1970 g/mol. The zero-order valence-electron chi connectivity index (χ0n) is 94.4. The van der Waals surface area contributed by atoms with Gasteiger partial charge in [0.15, 0.2) is 0 Å². The fourth-order valence-electron chi connectivity index (χ4n) is 22.9. The van der Waals surface area contributed by atoms with E-state index in [-0.39, 0.29) is 40.9 Å². The Morgan fingerprint density at radius 3 is 1.17 bits per heavy atom. The third-order valence-corrected chi connectivity index (χ3v) is 30.4. The largest absolute Gasteiger partial charge is 0.379 e. The van der Waals surface area contributed by atoms with Gasteiger partial charge < -0.3 is 62.6 Å². The molecule has 0 saturated carbocycles. The number of primary amides is 1. The Kier molecular flexibility index (Phi) is 52.4. The van der Waals surface area contributed by atoms with E-state index in [4.69, 9.17) is 67.8 Å². The standard InChI is InChI=1S/2C13H19NO.C11H23NO.C10H21NO.3C9H17NO.C8H16N2O2.C8H14N2O.2C8H15NO.C7H15NO/c1-11(2)14-8-9-15-10-13(14)12-6-4-3-5-7-12;1-11(2)14-8-9-15-13(10-14)12-6-4-3-5-7-12;1-9(2)12-7-10(3,4)13-11(5,6)8-12;1-8(2)11-6-9(3)12-10(4,5)7-11;1-7(2)10-5-9-4-3-8(10)6-11-9;1-7(2)10-8-3-4-9(10)6-11-5-8;1-7(2)10-5-8-3-4-9(6-10)11-8;1-6(2)10-3-4-12-5-7(10)8(9)11;1-7(2)10-3-4-11-6-8(10)5-9;1-6(2)9-4-8-3-7(9)5-10-8;1-6(2)9-4-7-3-8(5-9)10-7;1-7(2)8-3-5-9-6-4-8/h2*3-7,11,13H,8-10H2,1-2H3;9H,7-8H2,1-6H3;8-9H,6-7H2,1-5H3;3*7-9H,3-6H2,1-2H3;6-7H,3-5H2,1-2H3,(H2,9,11);7-8H,3-4,6H2,1-2H3;2*6-8H,3-5H2,1-2H3;7H,3-6H2,1-2H3. The average molecular weight is 1970 g/mol. The lowest BCUT2D eigenvalue weighted by Crippen LogP contribution is -2.58. The van der Waals surface area contributed by atoms with Crippen LogP contribution in [0.5, 0.6) is 0 Å². The molecule has 0 aromatic heterocycles. The minimum atomic E-state index is -0.289. The van der Waals surface area contributed by atoms with Crippen LogP contribution in [0.2, 0.25) is 0 Å². The van der Waals surface area contributed by atoms with Gasteiger partial charge in [0.1, 0.15) is 12.1 Å². The van der Waals surface area contributed by atoms with Crippen molar-refractivity contribution in [1.82, 2.24) is 58.8 Å². The zero-order chi connectivity index (χ0) is 103. The lowest BCUT2D eigenvalue weighted by Gasteiger charge is -2.48. The van der Waals surface area contributed by atoms with E-state index >= 15 is 0 Å². The predicted octanol–water partition coefficient (Wildman–Crippen LogP) is 15.6. The van der Waals surface area contributed by atoms with Gasteiger partial charge >= 0.3 is 0 Å². The van der Waals surface area contributed by atoms with Gasteiger partial charge in [-0.05, 0) is 271 Å². The number of likely N-dealkylation sites (tertiary alicyclic amines) is 2. The summed E-state index contributed by atoms with van der Waals surface area (Å²) in [7, 11) is 0. The summed E-state index contributed by atoms with van der Waals surface area (Å²) < 4.78 is 66.6. The number of fused-ring (bicyclic) bond motifs is 11. The lowest BCUT2D eigenvalue weighted by atomic mass is 9.96. The maximum Gasteiger partial charge on any atom is 0.237 e. The highest BCUT2D eigenvalue weighted by atomic mass is 16.5. The third kappa shape index (κ3) is 40.7. The van der Waals surface area contributed by atoms with Gasteiger partial charge in [0.25, 0.3) is 0 Å². The Balaban J connectivity index is 0.000000188. The van der Waals surface area contributed by atoms with Crippen LogP contribution in [0.3, 0.4) is 0 Å². The van der Waals surface area contributed by atoms with Crippen molar-refractivity contribution in [2.45, 2.75) is 446 Å². The SMILES string of the molecule is CC(C)N1C2CCC1COC2.CC(C)N1CC(C)(C)OC(C)(C)C1.CC(C)N1CC2CC(C1)O2.CC(C)N1CC2CC1CO2.CC(C)N1CC2CCC(C1)O2.CC(C)N1CC2CCC1CO2.CC(C)N1CCOC(c2ccccc2)C1.CC(C)N1CCOCC1.CC(C)N1CCOCC1C#N.CC(C)N1CCOCC1C(N)=O.CC(C)N1CCOCC1c1ccccc1.CC1CN(C(C)C)CC(C)(C)O1. The summed E-state index contributed by atoms with van der Waals surface area (Å²) in [4.78, 5) is 40.4. The zero-order valence-corrected chi connectivity index (χ0v) is 94.4. The van der Waals surface area contributed by atoms with E-state index in [2.05, 4.69) is 334 Å². The molecule has 27 nitrogen and oxygen atoms in total. The van der Waals surface area contributed by atoms with Gasteiger partial charge in [-0.15, -0.1) is 0 Å². The van der Waals surface area contributed by atoms with Gasteiger partial charge in [-0.25, -0.2) is 0 Å². The molecule has 140 heavy (non-hydrogen) atoms. The molecule has 21 rings (SSSR count). The first kappa shape index (κ1) is 122. The fourth-order valence-corrected chi connectivity index (χ4v) is 22.9. The van der Waals surface area contributed by atoms with Crippen molar-refractivity contribution < 1.29 is 61.6 Å². The minimum Gasteiger partial charge on any atom is -0.379 e. The predicted molar refractivity (Wildman–Crippen MR) is 570 cm³/mol. The number of ether oxygens (including phenoxy) is 12. The molecule has 2 aromatic carbocycles. The van der Waals surface area contributed by atoms with Crippen LogP contribution >= 0.6 is 0 Å². The number of hydrogen-bond donors (Lipinski definition) is 1. The fraction of sp³-hybridized carbons (Fsp3) is 0.876. The maximum atomic E-state index is 11.0. The first-order valence-electron chi connectivity index (χ1n) is 55.4. The van der Waals surface area contributed by atoms with Crippen molar-refractivity contribution in [3.8, 4) is 6.07 Å². The summed E-state index contributed by atoms with van der Waals surface area (Å²) in [6, 6.07) is 33.9. The summed E-state index contributed by atoms with van der Waals surface area (Å²) in [5.74, 6) is -0.289. The van der Waals surface area contributed by atoms with Crippen LogP contribution in [-0.2, 0) is 61.6 Å². The number of morpholine rings is 12. The van der Waals surface area contributed by atoms with Crippen molar-refractivity contribution in [2.75, 3.05) is 197 Å². The molecule has 19 heterocycles. The van der Waals surface area contributed by atoms with Crippen LogP contribution in [0, 0.1) is 11.3 Å². The topological polar surface area (TPSA) is 217 Å². The van der Waals surface area contributed by atoms with Crippen molar-refractivity contribution in [3.05, 3.63) is 71.8 Å². The molecule has 19 fully saturated rings. The van der Waals surface area contributed by atoms with Crippen molar-refractivity contribution in [1.29, 1.82) is 5.26 Å². The summed E-state index contributed by atoms with van der Waals surface area (Å²) in [6.07, 6.45) is 14.5. The second-order valence-electron chi connectivity index (χ2n) is 47.4. The molecule has 10 bridgehead atoms. The number of carbonyl (C=O) groups is 1. The number of nitriles is 1. The Morgan fingerprint density at radius 2 is 0.771 bits per heavy atom. The van der Waals surface area contributed by atoms with Gasteiger partial charge in [-0.1, -0.05) is 60.7 Å². The normalized spacial score (nSPS) is 30.8. The third-order valence-electron chi connectivity index (χ3n) is 30.4. The molecule has 2 aromatic rings. The molecule has 19 aliphatic rings. The summed E-state index contributed by atoms with van der Waals surface area (Å²) in [6.45, 7) is 97.5. The summed E-state index contributed by atoms with van der Waals surface area (Å²) in [5, 5.41) is 8.74. The molecule has 2 N–H and O–H groups in total. The molecule has 19 saturated heterocycles. The van der Waals surface area contributed by atoms with Crippen LogP contribution < -0.4 is 5.73 Å². The highest BCUT2D eigenvalue weighted by Crippen LogP contribution is 2.36. The Hall–Kier alpha value is -3.56. The molecule has 0 spiro atoms. The molecule has 15 unspecified atom stereocenters. The number of piperidine rings is 2. The number of carbonyl (C=O) groups excluding carboxylic acids is 1. The first-order valence-corrected chi connectivity index (χ1v) is 55.4. The quantitative estimate of drug-likeness (QED) is 0.175. The maximum absolute atomic E-state index is 11.0. The van der Waals surface area contributed by atoms with Crippen LogP contribution in [0.4, 0.5) is 0 Å². The molecule has 0 aliphatic carbocycles. The number of nitrogens with zero attached hydrogens (tertiary/aromatic N) is 13. The van der Waals surface area contributed by atoms with E-state index in [0.29, 0.717) is 141 Å². The number of nitrogens with two attached hydrogens (primary N) is 1. The van der Waals surface area contributed by atoms with Crippen LogP contribution in [0.25, 0.3) is 0 Å². The molecule has 15 atom stereocenters. The molecule has 1 amide bonds. The Labute approximate surface area is 854 Å². The van der Waals surface area contributed by atoms with E-state index < -0.39 is 0 Å². The molecule has 808 valence electrons. The van der Waals surface area contributed by atoms with E-state index in [9.17, 15) is 4.79 Å². The van der Waals surface area contributed by atoms with Gasteiger partial charge in [-0.3, -0.25) is 63.6 Å². The number of rotatable bonds is 15. The molecular weight excluding hydrogens is 1760 g/mol. The Bertz CT molecular complexity index is 3630. The van der Waals surface area contributed by atoms with Crippen molar-refractivity contribution >= 4 is 5.91 Å². The smallest absolute Gasteiger partial charge is 0.237 e. The van der Waals surface area contributed by atoms with Crippen LogP contribution in [0.1, 0.15) is 289 Å². The van der Waals surface area contributed by atoms with Gasteiger partial charge in [0.05, 0.1) is 164 Å². The van der Waals surface area contributed by atoms with E-state index in [1.165, 1.54) is 75.6 Å². The van der Waals surface area contributed by atoms with Crippen molar-refractivity contribution in [3.63, 3.8) is 0 Å². The second-order valence-corrected chi connectivity index (χ2v) is 47.4. The van der Waals surface area contributed by atoms with E-state index in [1.54, 1.807) is 0 Å². The van der Waals surface area contributed by atoms with Crippen LogP contribution in [-0.4, -0.2) is 430 Å². The highest BCUT2D eigenvalue weighted by molar-refractivity contribution is 5.80. The molecule has 19 aliphatic heterocycles. The molecule has 27 heteroatoms. The van der Waals surface area contributed by atoms with Gasteiger partial charge in [-0.2, -0.15) is 5.26 Å². The van der Waals surface area contributed by atoms with Gasteiger partial charge in [0, 0.05) is 214 Å². The first-order chi connectivity index (χ1) is 66.2. The summed E-state index contributed by atoms with van der Waals surface area (Å²) in [5.41, 5.74) is 7.91. The van der Waals surface area contributed by atoms with Crippen molar-refractivity contribution in [2.24, 2.45) is 5.73 Å². The molecular formula is C113H208N14O13. The Morgan fingerprint density at radius 1 is 0.350 bits per heavy atom. The highest BCUT2D eigenvalue weighted by Gasteiger charge is 2.45. The lowest BCUT2D eigenvalue weighted by molar-refractivity contribution is -0.186. The van der Waals surface area contributed by atoms with E-state index in [0.717, 1.165) is 188 Å².